The molecule has 0 radical (unpaired) electrons. The molecule has 1 saturated heterocycles. The zero-order chi connectivity index (χ0) is 18.5. The van der Waals surface area contributed by atoms with Crippen LogP contribution in [0.2, 0.25) is 0 Å². The molecule has 1 aromatic heterocycles. The summed E-state index contributed by atoms with van der Waals surface area (Å²) in [7, 11) is 0. The Balaban J connectivity index is 1.23. The Morgan fingerprint density at radius 2 is 1.93 bits per heavy atom. The Kier molecular flexibility index (Phi) is 5.49. The molecule has 0 unspecified atom stereocenters. The van der Waals surface area contributed by atoms with Crippen molar-refractivity contribution in [1.29, 1.82) is 0 Å². The number of nitrogens with zero attached hydrogens (tertiary/aromatic N) is 3. The summed E-state index contributed by atoms with van der Waals surface area (Å²) in [6.07, 6.45) is 2.08. The van der Waals surface area contributed by atoms with Gasteiger partial charge in [-0.25, -0.2) is 0 Å². The third kappa shape index (κ3) is 4.55. The molecule has 1 fully saturated rings. The summed E-state index contributed by atoms with van der Waals surface area (Å²) < 4.78 is 11.3. The van der Waals surface area contributed by atoms with E-state index in [4.69, 9.17) is 9.26 Å². The van der Waals surface area contributed by atoms with Crippen molar-refractivity contribution in [2.75, 3.05) is 26.2 Å². The van der Waals surface area contributed by atoms with E-state index in [1.165, 1.54) is 5.56 Å². The lowest BCUT2D eigenvalue weighted by Gasteiger charge is -2.15. The van der Waals surface area contributed by atoms with Crippen LogP contribution in [0.15, 0.2) is 59.1 Å². The largest absolute Gasteiger partial charge is 0.494 e. The van der Waals surface area contributed by atoms with Crippen LogP contribution in [0.4, 0.5) is 0 Å². The molecule has 0 N–H and O–H groups in total. The van der Waals surface area contributed by atoms with Crippen LogP contribution in [-0.4, -0.2) is 41.3 Å². The summed E-state index contributed by atoms with van der Waals surface area (Å²) in [5.41, 5.74) is 2.25. The van der Waals surface area contributed by atoms with Crippen molar-refractivity contribution >= 4 is 0 Å². The molecule has 4 rings (SSSR count). The minimum Gasteiger partial charge on any atom is -0.494 e. The fraction of sp³-hybridized carbons (Fsp3) is 0.364. The summed E-state index contributed by atoms with van der Waals surface area (Å²) >= 11 is 0. The number of likely N-dealkylation sites (tertiary alicyclic amines) is 1. The summed E-state index contributed by atoms with van der Waals surface area (Å²) in [6, 6.07) is 18.2. The van der Waals surface area contributed by atoms with E-state index in [0.29, 0.717) is 11.7 Å². The van der Waals surface area contributed by atoms with Crippen LogP contribution < -0.4 is 4.74 Å². The molecular formula is C22H25N3O2. The number of hydrogen-bond acceptors (Lipinski definition) is 5. The van der Waals surface area contributed by atoms with Crippen LogP contribution in [0.1, 0.15) is 30.2 Å². The van der Waals surface area contributed by atoms with E-state index in [1.807, 2.05) is 42.5 Å². The summed E-state index contributed by atoms with van der Waals surface area (Å²) in [5, 5.41) is 4.15. The fourth-order valence-electron chi connectivity index (χ4n) is 3.46. The summed E-state index contributed by atoms with van der Waals surface area (Å²) in [5.74, 6) is 2.70. The van der Waals surface area contributed by atoms with Gasteiger partial charge < -0.3 is 14.2 Å². The lowest BCUT2D eigenvalue weighted by Crippen LogP contribution is -2.23. The van der Waals surface area contributed by atoms with E-state index in [9.17, 15) is 0 Å². The molecule has 1 atom stereocenters. The average molecular weight is 363 g/mol. The molecule has 2 heterocycles. The Morgan fingerprint density at radius 3 is 2.74 bits per heavy atom. The molecule has 3 aromatic rings. The molecule has 5 heteroatoms. The summed E-state index contributed by atoms with van der Waals surface area (Å²) in [6.45, 7) is 5.89. The molecule has 140 valence electrons. The van der Waals surface area contributed by atoms with Crippen molar-refractivity contribution in [2.24, 2.45) is 0 Å². The molecule has 2 aromatic carbocycles. The van der Waals surface area contributed by atoms with Crippen molar-refractivity contribution < 1.29 is 9.26 Å². The second-order valence-electron chi connectivity index (χ2n) is 7.12. The van der Waals surface area contributed by atoms with E-state index < -0.39 is 0 Å². The number of aryl methyl sites for hydroxylation is 1. The predicted molar refractivity (Wildman–Crippen MR) is 105 cm³/mol. The van der Waals surface area contributed by atoms with Gasteiger partial charge in [0, 0.05) is 18.7 Å². The number of ether oxygens (including phenoxy) is 1. The Hall–Kier alpha value is -2.66. The van der Waals surface area contributed by atoms with Crippen molar-refractivity contribution in [2.45, 2.75) is 25.7 Å². The maximum atomic E-state index is 5.82. The smallest absolute Gasteiger partial charge is 0.231 e. The van der Waals surface area contributed by atoms with Gasteiger partial charge in [-0.1, -0.05) is 53.2 Å². The first-order valence-corrected chi connectivity index (χ1v) is 9.59. The lowest BCUT2D eigenvalue weighted by atomic mass is 10.1. The highest BCUT2D eigenvalue weighted by molar-refractivity contribution is 5.53. The highest BCUT2D eigenvalue weighted by Gasteiger charge is 2.28. The number of benzene rings is 2. The molecule has 0 amide bonds. The van der Waals surface area contributed by atoms with Crippen LogP contribution in [0, 0.1) is 6.92 Å². The molecule has 0 spiro atoms. The highest BCUT2D eigenvalue weighted by Crippen LogP contribution is 2.27. The Bertz CT molecular complexity index is 846. The van der Waals surface area contributed by atoms with E-state index in [1.54, 1.807) is 0 Å². The second kappa shape index (κ2) is 8.35. The quantitative estimate of drug-likeness (QED) is 0.586. The average Bonchev–Trinajstić information content (AvgIpc) is 3.37. The molecular weight excluding hydrogens is 338 g/mol. The monoisotopic (exact) mass is 363 g/mol. The Labute approximate surface area is 160 Å². The SMILES string of the molecule is Cc1ccc(OCCCN2CC[C@H](c3nc(-c4ccccc4)no3)C2)cc1. The first-order chi connectivity index (χ1) is 13.3. The van der Waals surface area contributed by atoms with Crippen LogP contribution in [0.25, 0.3) is 11.4 Å². The minimum absolute atomic E-state index is 0.327. The maximum Gasteiger partial charge on any atom is 0.231 e. The molecule has 27 heavy (non-hydrogen) atoms. The van der Waals surface area contributed by atoms with Gasteiger partial charge in [-0.2, -0.15) is 4.98 Å². The first kappa shape index (κ1) is 17.7. The van der Waals surface area contributed by atoms with E-state index >= 15 is 0 Å². The second-order valence-corrected chi connectivity index (χ2v) is 7.12. The van der Waals surface area contributed by atoms with Gasteiger partial charge in [-0.05, 0) is 38.4 Å². The van der Waals surface area contributed by atoms with Crippen LogP contribution in [0.5, 0.6) is 5.75 Å². The van der Waals surface area contributed by atoms with Gasteiger partial charge in [-0.3, -0.25) is 0 Å². The van der Waals surface area contributed by atoms with Crippen molar-refractivity contribution in [3.8, 4) is 17.1 Å². The molecule has 0 bridgehead atoms. The van der Waals surface area contributed by atoms with Crippen LogP contribution >= 0.6 is 0 Å². The highest BCUT2D eigenvalue weighted by atomic mass is 16.5. The van der Waals surface area contributed by atoms with Crippen LogP contribution in [-0.2, 0) is 0 Å². The zero-order valence-electron chi connectivity index (χ0n) is 15.7. The standard InChI is InChI=1S/C22H25N3O2/c1-17-8-10-20(11-9-17)26-15-5-13-25-14-12-19(16-25)22-23-21(24-27-22)18-6-3-2-4-7-18/h2-4,6-11,19H,5,12-16H2,1H3/t19-/m0/s1. The van der Waals surface area contributed by atoms with Gasteiger partial charge in [0.15, 0.2) is 0 Å². The molecule has 5 nitrogen and oxygen atoms in total. The minimum atomic E-state index is 0.327. The normalized spacial score (nSPS) is 17.3. The molecule has 1 aliphatic heterocycles. The fourth-order valence-corrected chi connectivity index (χ4v) is 3.46. The molecule has 0 aliphatic carbocycles. The van der Waals surface area contributed by atoms with Gasteiger partial charge >= 0.3 is 0 Å². The Morgan fingerprint density at radius 1 is 1.11 bits per heavy atom. The van der Waals surface area contributed by atoms with Crippen LogP contribution in [0.3, 0.4) is 0 Å². The number of rotatable bonds is 7. The van der Waals surface area contributed by atoms with E-state index in [-0.39, 0.29) is 0 Å². The molecule has 1 aliphatic rings. The lowest BCUT2D eigenvalue weighted by molar-refractivity contribution is 0.258. The predicted octanol–water partition coefficient (Wildman–Crippen LogP) is 4.30. The van der Waals surface area contributed by atoms with Crippen molar-refractivity contribution in [3.05, 3.63) is 66.1 Å². The van der Waals surface area contributed by atoms with Gasteiger partial charge in [0.1, 0.15) is 5.75 Å². The number of aromatic nitrogens is 2. The van der Waals surface area contributed by atoms with Gasteiger partial charge in [0.05, 0.1) is 12.5 Å². The van der Waals surface area contributed by atoms with Crippen molar-refractivity contribution in [1.82, 2.24) is 15.0 Å². The van der Waals surface area contributed by atoms with Gasteiger partial charge in [-0.15, -0.1) is 0 Å². The topological polar surface area (TPSA) is 51.4 Å². The van der Waals surface area contributed by atoms with Gasteiger partial charge in [0.25, 0.3) is 0 Å². The third-order valence-electron chi connectivity index (χ3n) is 5.00. The summed E-state index contributed by atoms with van der Waals surface area (Å²) in [4.78, 5) is 7.06. The van der Waals surface area contributed by atoms with Gasteiger partial charge in [0.2, 0.25) is 11.7 Å². The zero-order valence-corrected chi connectivity index (χ0v) is 15.7. The third-order valence-corrected chi connectivity index (χ3v) is 5.00. The van der Waals surface area contributed by atoms with E-state index in [2.05, 4.69) is 34.1 Å². The first-order valence-electron chi connectivity index (χ1n) is 9.59. The van der Waals surface area contributed by atoms with E-state index in [0.717, 1.165) is 56.3 Å². The maximum absolute atomic E-state index is 5.82. The number of hydrogen-bond donors (Lipinski definition) is 0. The van der Waals surface area contributed by atoms with Crippen molar-refractivity contribution in [3.63, 3.8) is 0 Å². The molecule has 0 saturated carbocycles.